The van der Waals surface area contributed by atoms with Gasteiger partial charge in [0.25, 0.3) is 5.69 Å². The zero-order chi connectivity index (χ0) is 16.5. The van der Waals surface area contributed by atoms with Crippen LogP contribution >= 0.6 is 30.3 Å². The lowest BCUT2D eigenvalue weighted by atomic mass is 9.88. The summed E-state index contributed by atoms with van der Waals surface area (Å²) in [6.07, 6.45) is 0.484. The number of nitrogens with zero attached hydrogens (tertiary/aromatic N) is 3. The summed E-state index contributed by atoms with van der Waals surface area (Å²) < 4.78 is 7.99. The van der Waals surface area contributed by atoms with Gasteiger partial charge in [0.05, 0.1) is 34.2 Å². The van der Waals surface area contributed by atoms with Crippen LogP contribution in [-0.2, 0) is 0 Å². The molecule has 0 saturated heterocycles. The minimum Gasteiger partial charge on any atom is -0.486 e. The summed E-state index contributed by atoms with van der Waals surface area (Å²) in [5, 5.41) is 20.3. The minimum atomic E-state index is -0.473. The molecular formula is C14H16IN3O3S. The molecule has 0 saturated carbocycles. The van der Waals surface area contributed by atoms with Gasteiger partial charge >= 0.3 is 0 Å². The zero-order valence-corrected chi connectivity index (χ0v) is 15.5. The molecule has 118 valence electrons. The third-order valence-electron chi connectivity index (χ3n) is 3.60. The summed E-state index contributed by atoms with van der Waals surface area (Å²) >= 11 is 2.16. The molecular weight excluding hydrogens is 417 g/mol. The molecule has 0 aliphatic carbocycles. The van der Waals surface area contributed by atoms with Crippen LogP contribution in [-0.4, -0.2) is 17.6 Å². The van der Waals surface area contributed by atoms with E-state index in [1.54, 1.807) is 13.0 Å². The Morgan fingerprint density at radius 3 is 2.86 bits per heavy atom. The fourth-order valence-electron chi connectivity index (χ4n) is 2.54. The second kappa shape index (κ2) is 6.50. The number of nitro groups is 1. The van der Waals surface area contributed by atoms with Gasteiger partial charge < -0.3 is 4.74 Å². The molecule has 0 radical (unpaired) electrons. The van der Waals surface area contributed by atoms with E-state index >= 15 is 0 Å². The largest absolute Gasteiger partial charge is 0.486 e. The van der Waals surface area contributed by atoms with E-state index in [4.69, 9.17) is 4.74 Å². The van der Waals surface area contributed by atoms with Gasteiger partial charge in [-0.3, -0.25) is 14.4 Å². The number of benzene rings is 1. The average Bonchev–Trinajstić information content (AvgIpc) is 2.45. The van der Waals surface area contributed by atoms with E-state index in [-0.39, 0.29) is 16.7 Å². The number of anilines is 1. The van der Waals surface area contributed by atoms with Crippen molar-refractivity contribution < 1.29 is 9.66 Å². The second-order valence-corrected chi connectivity index (χ2v) is 7.64. The SMILES string of the molecule is Cc1c([N+](=O)[O-])ccc2c1N(SI)CC(CC(C)(C)C#N)O2. The van der Waals surface area contributed by atoms with Gasteiger partial charge in [-0.25, -0.2) is 0 Å². The zero-order valence-electron chi connectivity index (χ0n) is 12.5. The maximum atomic E-state index is 11.1. The summed E-state index contributed by atoms with van der Waals surface area (Å²) in [6.45, 7) is 6.09. The highest BCUT2D eigenvalue weighted by atomic mass is 127. The predicted molar refractivity (Wildman–Crippen MR) is 95.2 cm³/mol. The molecule has 0 amide bonds. The number of ether oxygens (including phenoxy) is 1. The van der Waals surface area contributed by atoms with Crippen molar-refractivity contribution in [2.75, 3.05) is 10.8 Å². The van der Waals surface area contributed by atoms with Crippen LogP contribution in [0.3, 0.4) is 0 Å². The van der Waals surface area contributed by atoms with Gasteiger partial charge in [0.15, 0.2) is 0 Å². The number of hydrogen-bond donors (Lipinski definition) is 0. The first-order chi connectivity index (χ1) is 10.3. The Hall–Kier alpha value is -1.21. The van der Waals surface area contributed by atoms with Crippen molar-refractivity contribution in [2.24, 2.45) is 5.41 Å². The van der Waals surface area contributed by atoms with E-state index in [1.165, 1.54) is 15.2 Å². The van der Waals surface area contributed by atoms with Crippen LogP contribution in [0.4, 0.5) is 11.4 Å². The van der Waals surface area contributed by atoms with Crippen molar-refractivity contribution in [1.82, 2.24) is 0 Å². The van der Waals surface area contributed by atoms with Gasteiger partial charge in [-0.05, 0) is 26.8 Å². The molecule has 0 spiro atoms. The van der Waals surface area contributed by atoms with E-state index in [0.717, 1.165) is 5.69 Å². The van der Waals surface area contributed by atoms with Crippen LogP contribution in [0.5, 0.6) is 5.75 Å². The normalized spacial score (nSPS) is 17.4. The lowest BCUT2D eigenvalue weighted by Gasteiger charge is -2.36. The number of halogens is 1. The molecule has 1 unspecified atom stereocenters. The second-order valence-electron chi connectivity index (χ2n) is 5.88. The quantitative estimate of drug-likeness (QED) is 0.303. The molecule has 22 heavy (non-hydrogen) atoms. The van der Waals surface area contributed by atoms with Crippen molar-refractivity contribution in [1.29, 1.82) is 5.26 Å². The predicted octanol–water partition coefficient (Wildman–Crippen LogP) is 4.41. The van der Waals surface area contributed by atoms with E-state index in [1.807, 2.05) is 18.2 Å². The summed E-state index contributed by atoms with van der Waals surface area (Å²) in [5.41, 5.74) is 0.970. The first kappa shape index (κ1) is 17.1. The molecule has 1 aromatic carbocycles. The van der Waals surface area contributed by atoms with E-state index in [0.29, 0.717) is 24.3 Å². The lowest BCUT2D eigenvalue weighted by molar-refractivity contribution is -0.385. The topological polar surface area (TPSA) is 79.4 Å². The van der Waals surface area contributed by atoms with Gasteiger partial charge in [-0.15, -0.1) is 0 Å². The van der Waals surface area contributed by atoms with E-state index < -0.39 is 5.41 Å². The van der Waals surface area contributed by atoms with Crippen molar-refractivity contribution in [3.63, 3.8) is 0 Å². The number of hydrogen-bond acceptors (Lipinski definition) is 6. The van der Waals surface area contributed by atoms with Crippen molar-refractivity contribution in [3.05, 3.63) is 27.8 Å². The van der Waals surface area contributed by atoms with Crippen molar-refractivity contribution >= 4 is 41.7 Å². The van der Waals surface area contributed by atoms with Crippen LogP contribution in [0.2, 0.25) is 0 Å². The van der Waals surface area contributed by atoms with Crippen LogP contribution in [0, 0.1) is 33.8 Å². The molecule has 0 fully saturated rings. The van der Waals surface area contributed by atoms with Gasteiger partial charge in [0.2, 0.25) is 0 Å². The van der Waals surface area contributed by atoms with Crippen LogP contribution < -0.4 is 9.04 Å². The van der Waals surface area contributed by atoms with Crippen LogP contribution in [0.1, 0.15) is 25.8 Å². The monoisotopic (exact) mass is 433 g/mol. The molecule has 6 nitrogen and oxygen atoms in total. The van der Waals surface area contributed by atoms with E-state index in [2.05, 4.69) is 27.3 Å². The smallest absolute Gasteiger partial charge is 0.274 e. The maximum Gasteiger partial charge on any atom is 0.274 e. The highest BCUT2D eigenvalue weighted by Gasteiger charge is 2.34. The third kappa shape index (κ3) is 3.41. The van der Waals surface area contributed by atoms with Gasteiger partial charge in [-0.1, -0.05) is 0 Å². The summed E-state index contributed by atoms with van der Waals surface area (Å²) in [7, 11) is 1.48. The molecule has 1 aliphatic rings. The molecule has 1 aliphatic heterocycles. The maximum absolute atomic E-state index is 11.1. The Kier molecular flexibility index (Phi) is 5.07. The Labute approximate surface area is 145 Å². The summed E-state index contributed by atoms with van der Waals surface area (Å²) in [4.78, 5) is 10.7. The standard InChI is InChI=1S/C14H16IN3O3S/c1-9-11(18(19)20)4-5-12-13(9)17(22-15)7-10(21-12)6-14(2,3)8-16/h4-5,10H,6-7H2,1-3H3. The number of fused-ring (bicyclic) bond motifs is 1. The highest BCUT2D eigenvalue weighted by Crippen LogP contribution is 2.45. The Balaban J connectivity index is 2.37. The first-order valence-corrected chi connectivity index (χ1v) is 10.0. The van der Waals surface area contributed by atoms with Gasteiger partial charge in [-0.2, -0.15) is 5.26 Å². The first-order valence-electron chi connectivity index (χ1n) is 6.71. The van der Waals surface area contributed by atoms with Gasteiger partial charge in [0.1, 0.15) is 11.9 Å². The molecule has 0 N–H and O–H groups in total. The van der Waals surface area contributed by atoms with Gasteiger partial charge in [0, 0.05) is 42.8 Å². The molecule has 0 aromatic heterocycles. The molecule has 0 bridgehead atoms. The Morgan fingerprint density at radius 1 is 1.64 bits per heavy atom. The van der Waals surface area contributed by atoms with Crippen molar-refractivity contribution in [3.8, 4) is 11.8 Å². The molecule has 1 heterocycles. The average molecular weight is 433 g/mol. The van der Waals surface area contributed by atoms with Crippen molar-refractivity contribution in [2.45, 2.75) is 33.3 Å². The lowest BCUT2D eigenvalue weighted by Crippen LogP contribution is -2.38. The fraction of sp³-hybridized carbons (Fsp3) is 0.500. The molecule has 1 atom stereocenters. The Morgan fingerprint density at radius 2 is 2.32 bits per heavy atom. The van der Waals surface area contributed by atoms with E-state index in [9.17, 15) is 15.4 Å². The number of rotatable bonds is 4. The fourth-order valence-corrected chi connectivity index (χ4v) is 4.14. The molecule has 2 rings (SSSR count). The summed E-state index contributed by atoms with van der Waals surface area (Å²) in [5.74, 6) is 0.636. The summed E-state index contributed by atoms with van der Waals surface area (Å²) in [6, 6.07) is 5.40. The van der Waals surface area contributed by atoms with Crippen LogP contribution in [0.15, 0.2) is 12.1 Å². The number of nitro benzene ring substituents is 1. The van der Waals surface area contributed by atoms with Crippen LogP contribution in [0.25, 0.3) is 0 Å². The third-order valence-corrected chi connectivity index (χ3v) is 5.52. The Bertz CT molecular complexity index is 645. The number of nitriles is 1. The molecule has 8 heteroatoms. The minimum absolute atomic E-state index is 0.0913. The highest BCUT2D eigenvalue weighted by molar-refractivity contribution is 14.2. The molecule has 1 aromatic rings.